The van der Waals surface area contributed by atoms with Gasteiger partial charge in [0.25, 0.3) is 0 Å². The molecule has 3 saturated carbocycles. The van der Waals surface area contributed by atoms with E-state index in [9.17, 15) is 0 Å². The molecule has 0 amide bonds. The highest BCUT2D eigenvalue weighted by molar-refractivity contribution is 5.08. The van der Waals surface area contributed by atoms with Crippen molar-refractivity contribution >= 4 is 0 Å². The van der Waals surface area contributed by atoms with E-state index in [1.165, 1.54) is 89.9 Å². The van der Waals surface area contributed by atoms with Crippen LogP contribution in [-0.4, -0.2) is 57.0 Å². The van der Waals surface area contributed by atoms with Gasteiger partial charge in [0.05, 0.1) is 36.6 Å². The van der Waals surface area contributed by atoms with Gasteiger partial charge in [0.2, 0.25) is 0 Å². The van der Waals surface area contributed by atoms with Crippen molar-refractivity contribution < 1.29 is 28.4 Å². The Kier molecular flexibility index (Phi) is 8.73. The Morgan fingerprint density at radius 1 is 0.641 bits per heavy atom. The van der Waals surface area contributed by atoms with E-state index >= 15 is 0 Å². The molecule has 6 heteroatoms. The summed E-state index contributed by atoms with van der Waals surface area (Å²) in [7, 11) is 0. The standard InChI is InChI=1S/C33H56O6/c1-25-12-6-11-19-33(25)28(14-13-27-32(17-9-5-10-18-32)26(2)35-23-36-27)37-24-38-29(33)20-30(3)31(21-34-22-39-30)15-7-4-8-16-31/h25-29H,4-24H2,1-3H3. The Labute approximate surface area is 237 Å². The highest BCUT2D eigenvalue weighted by Crippen LogP contribution is 2.58. The zero-order chi connectivity index (χ0) is 27.0. The summed E-state index contributed by atoms with van der Waals surface area (Å²) in [5.74, 6) is 0.575. The lowest BCUT2D eigenvalue weighted by Gasteiger charge is -2.59. The fourth-order valence-corrected chi connectivity index (χ4v) is 10.4. The summed E-state index contributed by atoms with van der Waals surface area (Å²) in [5, 5.41) is 0. The molecule has 0 aromatic rings. The maximum Gasteiger partial charge on any atom is 0.147 e. The summed E-state index contributed by atoms with van der Waals surface area (Å²) in [6, 6.07) is 0. The molecule has 3 aliphatic heterocycles. The average molecular weight is 549 g/mol. The first-order chi connectivity index (χ1) is 18.9. The Morgan fingerprint density at radius 2 is 1.28 bits per heavy atom. The SMILES string of the molecule is CC1OCOC(CCC2OCOC(CC3(C)OCOCC34CCCCC4)C23CCCCC3C)C12CCCCC2. The fraction of sp³-hybridized carbons (Fsp3) is 1.00. The lowest BCUT2D eigenvalue weighted by molar-refractivity contribution is -0.315. The van der Waals surface area contributed by atoms with Crippen molar-refractivity contribution in [2.24, 2.45) is 22.2 Å². The molecule has 6 aliphatic rings. The minimum atomic E-state index is -0.214. The maximum atomic E-state index is 6.70. The summed E-state index contributed by atoms with van der Waals surface area (Å²) in [4.78, 5) is 0. The van der Waals surface area contributed by atoms with Crippen LogP contribution in [0.4, 0.5) is 0 Å². The molecule has 224 valence electrons. The molecule has 7 atom stereocenters. The van der Waals surface area contributed by atoms with Crippen LogP contribution in [-0.2, 0) is 28.4 Å². The van der Waals surface area contributed by atoms with Gasteiger partial charge < -0.3 is 28.4 Å². The molecular formula is C33H56O6. The summed E-state index contributed by atoms with van der Waals surface area (Å²) >= 11 is 0. The molecule has 0 radical (unpaired) electrons. The van der Waals surface area contributed by atoms with Gasteiger partial charge in [0.1, 0.15) is 20.4 Å². The molecule has 6 rings (SSSR count). The Morgan fingerprint density at radius 3 is 2.05 bits per heavy atom. The zero-order valence-electron chi connectivity index (χ0n) is 25.2. The van der Waals surface area contributed by atoms with Crippen LogP contribution in [0, 0.1) is 22.2 Å². The van der Waals surface area contributed by atoms with Crippen LogP contribution in [0.3, 0.4) is 0 Å². The number of ether oxygens (including phenoxy) is 6. The second-order valence-electron chi connectivity index (χ2n) is 14.5. The van der Waals surface area contributed by atoms with Gasteiger partial charge in [-0.05, 0) is 71.1 Å². The lowest BCUT2D eigenvalue weighted by Crippen LogP contribution is -2.63. The van der Waals surface area contributed by atoms with E-state index in [4.69, 9.17) is 28.4 Å². The van der Waals surface area contributed by atoms with Crippen LogP contribution in [0.2, 0.25) is 0 Å². The minimum Gasteiger partial charge on any atom is -0.355 e. The molecule has 3 heterocycles. The van der Waals surface area contributed by atoms with Gasteiger partial charge in [-0.1, -0.05) is 58.3 Å². The quantitative estimate of drug-likeness (QED) is 0.354. The topological polar surface area (TPSA) is 55.4 Å². The molecule has 6 nitrogen and oxygen atoms in total. The van der Waals surface area contributed by atoms with E-state index < -0.39 is 0 Å². The molecule has 0 aromatic carbocycles. The van der Waals surface area contributed by atoms with Gasteiger partial charge in [-0.3, -0.25) is 0 Å². The van der Waals surface area contributed by atoms with E-state index in [1.54, 1.807) is 0 Å². The molecule has 0 bridgehead atoms. The Balaban J connectivity index is 1.24. The van der Waals surface area contributed by atoms with Crippen LogP contribution >= 0.6 is 0 Å². The predicted octanol–water partition coefficient (Wildman–Crippen LogP) is 7.52. The summed E-state index contributed by atoms with van der Waals surface area (Å²) in [6.07, 6.45) is 21.8. The van der Waals surface area contributed by atoms with E-state index in [1.807, 2.05) is 0 Å². The average Bonchev–Trinajstić information content (AvgIpc) is 2.95. The molecule has 0 N–H and O–H groups in total. The number of hydrogen-bond donors (Lipinski definition) is 0. The third-order valence-corrected chi connectivity index (χ3v) is 13.0. The van der Waals surface area contributed by atoms with Gasteiger partial charge in [0, 0.05) is 22.7 Å². The molecule has 3 aliphatic carbocycles. The largest absolute Gasteiger partial charge is 0.355 e. The van der Waals surface area contributed by atoms with Crippen molar-refractivity contribution in [3.63, 3.8) is 0 Å². The highest BCUT2D eigenvalue weighted by atomic mass is 16.7. The van der Waals surface area contributed by atoms with Gasteiger partial charge in [-0.25, -0.2) is 0 Å². The van der Waals surface area contributed by atoms with Crippen molar-refractivity contribution in [3.8, 4) is 0 Å². The summed E-state index contributed by atoms with van der Waals surface area (Å²) in [6.45, 7) is 9.25. The van der Waals surface area contributed by atoms with Crippen molar-refractivity contribution in [1.29, 1.82) is 0 Å². The molecule has 3 spiro atoms. The normalized spacial score (nSPS) is 44.5. The third-order valence-electron chi connectivity index (χ3n) is 13.0. The predicted molar refractivity (Wildman–Crippen MR) is 150 cm³/mol. The maximum absolute atomic E-state index is 6.70. The fourth-order valence-electron chi connectivity index (χ4n) is 10.4. The van der Waals surface area contributed by atoms with Crippen molar-refractivity contribution in [2.45, 2.75) is 160 Å². The molecule has 3 saturated heterocycles. The van der Waals surface area contributed by atoms with Crippen LogP contribution in [0.25, 0.3) is 0 Å². The first kappa shape index (κ1) is 28.9. The number of hydrogen-bond acceptors (Lipinski definition) is 6. The third kappa shape index (κ3) is 5.05. The minimum absolute atomic E-state index is 0.0353. The summed E-state index contributed by atoms with van der Waals surface area (Å²) in [5.41, 5.74) is 0.101. The molecule has 0 aromatic heterocycles. The van der Waals surface area contributed by atoms with E-state index in [-0.39, 0.29) is 46.3 Å². The van der Waals surface area contributed by atoms with Gasteiger partial charge >= 0.3 is 0 Å². The van der Waals surface area contributed by atoms with Crippen LogP contribution < -0.4 is 0 Å². The number of rotatable bonds is 5. The first-order valence-corrected chi connectivity index (χ1v) is 16.6. The smallest absolute Gasteiger partial charge is 0.147 e. The second-order valence-corrected chi connectivity index (χ2v) is 14.5. The Hall–Kier alpha value is -0.240. The second kappa shape index (κ2) is 11.8. The van der Waals surface area contributed by atoms with Gasteiger partial charge in [-0.15, -0.1) is 0 Å². The Bertz CT molecular complexity index is 798. The summed E-state index contributed by atoms with van der Waals surface area (Å²) < 4.78 is 38.5. The molecule has 39 heavy (non-hydrogen) atoms. The van der Waals surface area contributed by atoms with E-state index in [2.05, 4.69) is 20.8 Å². The van der Waals surface area contributed by atoms with Crippen molar-refractivity contribution in [1.82, 2.24) is 0 Å². The van der Waals surface area contributed by atoms with E-state index in [0.717, 1.165) is 25.9 Å². The monoisotopic (exact) mass is 548 g/mol. The van der Waals surface area contributed by atoms with Crippen molar-refractivity contribution in [2.75, 3.05) is 27.0 Å². The highest BCUT2D eigenvalue weighted by Gasteiger charge is 2.60. The van der Waals surface area contributed by atoms with Gasteiger partial charge in [0.15, 0.2) is 0 Å². The molecule has 6 fully saturated rings. The van der Waals surface area contributed by atoms with Gasteiger partial charge in [-0.2, -0.15) is 0 Å². The van der Waals surface area contributed by atoms with Crippen LogP contribution in [0.1, 0.15) is 130 Å². The van der Waals surface area contributed by atoms with Crippen LogP contribution in [0.15, 0.2) is 0 Å². The van der Waals surface area contributed by atoms with Crippen molar-refractivity contribution in [3.05, 3.63) is 0 Å². The first-order valence-electron chi connectivity index (χ1n) is 16.6. The zero-order valence-corrected chi connectivity index (χ0v) is 25.2. The van der Waals surface area contributed by atoms with Crippen LogP contribution in [0.5, 0.6) is 0 Å². The molecule has 7 unspecified atom stereocenters. The lowest BCUT2D eigenvalue weighted by atomic mass is 9.55. The molecular weight excluding hydrogens is 492 g/mol. The van der Waals surface area contributed by atoms with E-state index in [0.29, 0.717) is 26.3 Å².